The molecule has 0 radical (unpaired) electrons. The second kappa shape index (κ2) is 9.27. The van der Waals surface area contributed by atoms with Crippen molar-refractivity contribution in [3.63, 3.8) is 0 Å². The van der Waals surface area contributed by atoms with Gasteiger partial charge in [0.15, 0.2) is 5.78 Å². The van der Waals surface area contributed by atoms with E-state index in [1.807, 2.05) is 5.32 Å². The third-order valence-corrected chi connectivity index (χ3v) is 6.42. The highest BCUT2D eigenvalue weighted by molar-refractivity contribution is 6.30. The summed E-state index contributed by atoms with van der Waals surface area (Å²) in [5, 5.41) is 1.53. The van der Waals surface area contributed by atoms with Crippen LogP contribution >= 0.6 is 11.6 Å². The number of fused-ring (bicyclic) bond motifs is 1. The molecule has 1 heterocycles. The van der Waals surface area contributed by atoms with Crippen LogP contribution in [0.2, 0.25) is 5.02 Å². The Bertz CT molecular complexity index is 1280. The molecule has 1 aliphatic heterocycles. The molecule has 2 aliphatic rings. The first kappa shape index (κ1) is 25.7. The van der Waals surface area contributed by atoms with Crippen LogP contribution in [-0.2, 0) is 39.6 Å². The van der Waals surface area contributed by atoms with Crippen molar-refractivity contribution in [3.8, 4) is 0 Å². The predicted molar refractivity (Wildman–Crippen MR) is 116 cm³/mol. The van der Waals surface area contributed by atoms with E-state index in [1.165, 1.54) is 23.1 Å². The zero-order chi connectivity index (χ0) is 26.4. The van der Waals surface area contributed by atoms with Gasteiger partial charge in [-0.15, -0.1) is 0 Å². The molecule has 1 N–H and O–H groups in total. The normalized spacial score (nSPS) is 18.4. The monoisotopic (exact) mass is 528 g/mol. The minimum atomic E-state index is -5.16. The molecule has 4 rings (SSSR count). The maximum atomic E-state index is 14.7. The van der Waals surface area contributed by atoms with Crippen molar-refractivity contribution in [1.29, 1.82) is 0 Å². The molecule has 1 unspecified atom stereocenters. The Morgan fingerprint density at radius 3 is 2.42 bits per heavy atom. The molecule has 1 aliphatic carbocycles. The number of nitrogens with zero attached hydrogens (tertiary/aromatic N) is 1. The van der Waals surface area contributed by atoms with Gasteiger partial charge in [0, 0.05) is 35.7 Å². The molecule has 190 valence electrons. The highest BCUT2D eigenvalue weighted by atomic mass is 35.5. The minimum Gasteiger partial charge on any atom is -0.346 e. The third-order valence-electron chi connectivity index (χ3n) is 6.18. The van der Waals surface area contributed by atoms with Crippen molar-refractivity contribution in [2.75, 3.05) is 0 Å². The standard InChI is InChI=1S/C24H18ClF5N2O4/c25-14-2-5-17(18(8-14)24(28,29)30)23(26,27)22(36)31-10-12-1-4-16-13(7-12)11-32(21(16)35)19-6-3-15(33)9-20(19)34/h1-2,4-5,7-8,19H,3,6,9-11H2,(H,31,36). The Morgan fingerprint density at radius 2 is 1.75 bits per heavy atom. The molecular weight excluding hydrogens is 511 g/mol. The van der Waals surface area contributed by atoms with Crippen molar-refractivity contribution in [1.82, 2.24) is 10.2 Å². The summed E-state index contributed by atoms with van der Waals surface area (Å²) in [4.78, 5) is 50.0. The maximum Gasteiger partial charge on any atom is 0.416 e. The Hall–Kier alpha value is -3.34. The molecule has 0 saturated heterocycles. The van der Waals surface area contributed by atoms with Gasteiger partial charge in [-0.1, -0.05) is 29.8 Å². The summed E-state index contributed by atoms with van der Waals surface area (Å²) in [5.74, 6) is -7.37. The van der Waals surface area contributed by atoms with E-state index in [1.54, 1.807) is 0 Å². The quantitative estimate of drug-likeness (QED) is 0.460. The molecule has 1 fully saturated rings. The van der Waals surface area contributed by atoms with Crippen LogP contribution in [0.25, 0.3) is 0 Å². The lowest BCUT2D eigenvalue weighted by molar-refractivity contribution is -0.153. The summed E-state index contributed by atoms with van der Waals surface area (Å²) in [5.41, 5.74) is -2.12. The van der Waals surface area contributed by atoms with Gasteiger partial charge in [0.25, 0.3) is 11.8 Å². The number of rotatable bonds is 5. The molecule has 0 spiro atoms. The number of amides is 2. The molecule has 36 heavy (non-hydrogen) atoms. The van der Waals surface area contributed by atoms with Crippen LogP contribution in [0.5, 0.6) is 0 Å². The van der Waals surface area contributed by atoms with Crippen LogP contribution in [0.1, 0.15) is 51.9 Å². The summed E-state index contributed by atoms with van der Waals surface area (Å²) >= 11 is 5.52. The molecule has 0 aromatic heterocycles. The minimum absolute atomic E-state index is 0.0659. The number of hydrogen-bond acceptors (Lipinski definition) is 4. The number of carbonyl (C=O) groups is 4. The topological polar surface area (TPSA) is 83.6 Å². The summed E-state index contributed by atoms with van der Waals surface area (Å²) < 4.78 is 69.2. The Kier molecular flexibility index (Phi) is 6.63. The Balaban J connectivity index is 1.48. The molecule has 12 heteroatoms. The number of nitrogens with one attached hydrogen (secondary N) is 1. The Morgan fingerprint density at radius 1 is 1.03 bits per heavy atom. The number of carbonyl (C=O) groups excluding carboxylic acids is 4. The first-order valence-electron chi connectivity index (χ1n) is 10.8. The van der Waals surface area contributed by atoms with Crippen molar-refractivity contribution in [2.24, 2.45) is 0 Å². The van der Waals surface area contributed by atoms with E-state index in [0.717, 1.165) is 6.07 Å². The fraction of sp³-hybridized carbons (Fsp3) is 0.333. The molecule has 1 saturated carbocycles. The molecule has 0 bridgehead atoms. The zero-order valence-electron chi connectivity index (χ0n) is 18.4. The lowest BCUT2D eigenvalue weighted by Crippen LogP contribution is -2.44. The fourth-order valence-electron chi connectivity index (χ4n) is 4.39. The largest absolute Gasteiger partial charge is 0.416 e. The van der Waals surface area contributed by atoms with Gasteiger partial charge in [-0.2, -0.15) is 22.0 Å². The second-order valence-corrected chi connectivity index (χ2v) is 9.04. The van der Waals surface area contributed by atoms with Crippen molar-refractivity contribution in [3.05, 3.63) is 69.2 Å². The molecular formula is C24H18ClF5N2O4. The molecule has 2 aromatic rings. The van der Waals surface area contributed by atoms with Crippen LogP contribution < -0.4 is 5.32 Å². The van der Waals surface area contributed by atoms with Crippen LogP contribution in [0, 0.1) is 0 Å². The van der Waals surface area contributed by atoms with Gasteiger partial charge in [-0.25, -0.2) is 0 Å². The van der Waals surface area contributed by atoms with Gasteiger partial charge in [0.2, 0.25) is 0 Å². The summed E-state index contributed by atoms with van der Waals surface area (Å²) in [6.45, 7) is -0.377. The van der Waals surface area contributed by atoms with Gasteiger partial charge in [0.1, 0.15) is 5.78 Å². The molecule has 6 nitrogen and oxygen atoms in total. The van der Waals surface area contributed by atoms with E-state index in [0.29, 0.717) is 28.8 Å². The number of hydrogen-bond donors (Lipinski definition) is 1. The summed E-state index contributed by atoms with van der Waals surface area (Å²) in [6, 6.07) is 5.23. The van der Waals surface area contributed by atoms with E-state index in [4.69, 9.17) is 11.6 Å². The fourth-order valence-corrected chi connectivity index (χ4v) is 4.56. The maximum absolute atomic E-state index is 14.7. The van der Waals surface area contributed by atoms with Gasteiger partial charge in [0.05, 0.1) is 18.0 Å². The molecule has 2 amide bonds. The van der Waals surface area contributed by atoms with E-state index in [2.05, 4.69) is 0 Å². The zero-order valence-corrected chi connectivity index (χ0v) is 19.2. The first-order valence-corrected chi connectivity index (χ1v) is 11.2. The number of benzene rings is 2. The SMILES string of the molecule is O=C1CCC(N2Cc3cc(CNC(=O)C(F)(F)c4ccc(Cl)cc4C(F)(F)F)ccc3C2=O)C(=O)C1. The average Bonchev–Trinajstić information content (AvgIpc) is 3.12. The predicted octanol–water partition coefficient (Wildman–Crippen LogP) is 4.41. The van der Waals surface area contributed by atoms with Crippen molar-refractivity contribution < 1.29 is 41.1 Å². The highest BCUT2D eigenvalue weighted by Crippen LogP contribution is 2.41. The number of alkyl halides is 5. The smallest absolute Gasteiger partial charge is 0.346 e. The van der Waals surface area contributed by atoms with Gasteiger partial charge in [-0.05, 0) is 35.7 Å². The average molecular weight is 529 g/mol. The van der Waals surface area contributed by atoms with E-state index in [-0.39, 0.29) is 37.4 Å². The number of halogens is 6. The van der Waals surface area contributed by atoms with Crippen molar-refractivity contribution in [2.45, 2.75) is 50.5 Å². The first-order chi connectivity index (χ1) is 16.8. The molecule has 2 aromatic carbocycles. The van der Waals surface area contributed by atoms with E-state index in [9.17, 15) is 41.1 Å². The highest BCUT2D eigenvalue weighted by Gasteiger charge is 2.48. The van der Waals surface area contributed by atoms with E-state index >= 15 is 0 Å². The lowest BCUT2D eigenvalue weighted by Gasteiger charge is -2.29. The molecule has 1 atom stereocenters. The number of Topliss-reactive ketones (excluding diaryl/α,β-unsaturated/α-hetero) is 2. The Labute approximate surface area is 206 Å². The van der Waals surface area contributed by atoms with Gasteiger partial charge < -0.3 is 10.2 Å². The van der Waals surface area contributed by atoms with Crippen LogP contribution in [0.15, 0.2) is 36.4 Å². The van der Waals surface area contributed by atoms with Gasteiger partial charge >= 0.3 is 12.1 Å². The van der Waals surface area contributed by atoms with Crippen molar-refractivity contribution >= 4 is 35.0 Å². The van der Waals surface area contributed by atoms with Gasteiger partial charge in [-0.3, -0.25) is 19.2 Å². The van der Waals surface area contributed by atoms with Crippen LogP contribution in [-0.4, -0.2) is 34.3 Å². The van der Waals surface area contributed by atoms with Crippen LogP contribution in [0.4, 0.5) is 22.0 Å². The van der Waals surface area contributed by atoms with E-state index < -0.39 is 52.6 Å². The number of ketones is 2. The summed E-state index contributed by atoms with van der Waals surface area (Å²) in [6.07, 6.45) is -4.99. The third kappa shape index (κ3) is 4.84. The van der Waals surface area contributed by atoms with Crippen LogP contribution in [0.3, 0.4) is 0 Å². The lowest BCUT2D eigenvalue weighted by atomic mass is 9.92. The summed E-state index contributed by atoms with van der Waals surface area (Å²) in [7, 11) is 0. The second-order valence-electron chi connectivity index (χ2n) is 8.61.